The van der Waals surface area contributed by atoms with E-state index in [4.69, 9.17) is 9.84 Å². The third kappa shape index (κ3) is 3.33. The first kappa shape index (κ1) is 17.3. The number of ether oxygens (including phenoxy) is 1. The Kier molecular flexibility index (Phi) is 4.23. The number of rotatable bonds is 4. The number of carboxylic acid groups (broad SMARTS) is 1. The summed E-state index contributed by atoms with van der Waals surface area (Å²) in [5, 5.41) is 9.53. The fraction of sp³-hybridized carbons (Fsp3) is 0.167. The Morgan fingerprint density at radius 2 is 1.96 bits per heavy atom. The lowest BCUT2D eigenvalue weighted by atomic mass is 10.1. The second-order valence-electron chi connectivity index (χ2n) is 5.96. The highest BCUT2D eigenvalue weighted by Crippen LogP contribution is 2.37. The maximum absolute atomic E-state index is 13.7. The molecule has 6 nitrogen and oxygen atoms in total. The van der Waals surface area contributed by atoms with E-state index in [1.165, 1.54) is 46.6 Å². The summed E-state index contributed by atoms with van der Waals surface area (Å²) in [6, 6.07) is 7.85. The summed E-state index contributed by atoms with van der Waals surface area (Å²) in [6.07, 6.45) is -1.73. The fourth-order valence-electron chi connectivity index (χ4n) is 2.90. The normalized spacial score (nSPS) is 16.3. The number of halogens is 2. The van der Waals surface area contributed by atoms with Crippen molar-refractivity contribution in [3.63, 3.8) is 0 Å². The molecule has 1 atom stereocenters. The van der Waals surface area contributed by atoms with Crippen LogP contribution in [0.1, 0.15) is 11.4 Å². The molecule has 2 heterocycles. The molecule has 0 saturated heterocycles. The molecule has 1 unspecified atom stereocenters. The highest BCUT2D eigenvalue weighted by atomic mass is 32.1. The van der Waals surface area contributed by atoms with Crippen molar-refractivity contribution in [2.45, 2.75) is 19.1 Å². The van der Waals surface area contributed by atoms with Gasteiger partial charge in [0, 0.05) is 6.07 Å². The standard InChI is InChI=1S/C18H12F2N2O4S/c19-9-2-4-13-12(5-9)22(18(25)14(26-13)7-17(23)24)8-16-21-11-3-1-10(20)6-15(11)27-16/h1-6,14H,7-8H2,(H,23,24). The molecule has 1 aliphatic heterocycles. The van der Waals surface area contributed by atoms with Crippen LogP contribution in [0.4, 0.5) is 14.5 Å². The van der Waals surface area contributed by atoms with Gasteiger partial charge in [0.2, 0.25) is 0 Å². The molecule has 1 N–H and O–H groups in total. The molecule has 27 heavy (non-hydrogen) atoms. The van der Waals surface area contributed by atoms with Gasteiger partial charge in [-0.05, 0) is 30.3 Å². The molecule has 1 amide bonds. The summed E-state index contributed by atoms with van der Waals surface area (Å²) >= 11 is 1.21. The van der Waals surface area contributed by atoms with Gasteiger partial charge >= 0.3 is 5.97 Å². The number of benzene rings is 2. The minimum absolute atomic E-state index is 0.00423. The quantitative estimate of drug-likeness (QED) is 0.739. The predicted molar refractivity (Wildman–Crippen MR) is 93.8 cm³/mol. The van der Waals surface area contributed by atoms with Crippen LogP contribution in [0.2, 0.25) is 0 Å². The summed E-state index contributed by atoms with van der Waals surface area (Å²) in [7, 11) is 0. The maximum Gasteiger partial charge on any atom is 0.307 e. The van der Waals surface area contributed by atoms with Crippen molar-refractivity contribution < 1.29 is 28.2 Å². The van der Waals surface area contributed by atoms with E-state index in [1.54, 1.807) is 0 Å². The van der Waals surface area contributed by atoms with E-state index in [9.17, 15) is 18.4 Å². The number of fused-ring (bicyclic) bond motifs is 2. The van der Waals surface area contributed by atoms with Crippen LogP contribution in [-0.2, 0) is 16.1 Å². The minimum atomic E-state index is -1.22. The van der Waals surface area contributed by atoms with Gasteiger partial charge in [-0.3, -0.25) is 14.5 Å². The summed E-state index contributed by atoms with van der Waals surface area (Å²) in [4.78, 5) is 29.4. The Morgan fingerprint density at radius 3 is 2.74 bits per heavy atom. The summed E-state index contributed by atoms with van der Waals surface area (Å²) in [6.45, 7) is -0.00423. The maximum atomic E-state index is 13.7. The number of carbonyl (C=O) groups is 2. The SMILES string of the molecule is O=C(O)CC1Oc2ccc(F)cc2N(Cc2nc3ccc(F)cc3s2)C1=O. The number of thiazole rings is 1. The molecule has 0 bridgehead atoms. The van der Waals surface area contributed by atoms with Crippen LogP contribution in [0.3, 0.4) is 0 Å². The molecule has 0 saturated carbocycles. The largest absolute Gasteiger partial charge is 0.481 e. The Labute approximate surface area is 155 Å². The van der Waals surface area contributed by atoms with Crippen LogP contribution in [0, 0.1) is 11.6 Å². The van der Waals surface area contributed by atoms with Crippen molar-refractivity contribution in [3.8, 4) is 5.75 Å². The lowest BCUT2D eigenvalue weighted by Crippen LogP contribution is -2.46. The number of aromatic nitrogens is 1. The summed E-state index contributed by atoms with van der Waals surface area (Å²) in [5.74, 6) is -2.52. The zero-order valence-corrected chi connectivity index (χ0v) is 14.5. The topological polar surface area (TPSA) is 79.7 Å². The predicted octanol–water partition coefficient (Wildman–Crippen LogP) is 3.34. The van der Waals surface area contributed by atoms with Gasteiger partial charge < -0.3 is 9.84 Å². The monoisotopic (exact) mass is 390 g/mol. The molecule has 0 fully saturated rings. The van der Waals surface area contributed by atoms with Crippen LogP contribution >= 0.6 is 11.3 Å². The van der Waals surface area contributed by atoms with E-state index < -0.39 is 36.0 Å². The van der Waals surface area contributed by atoms with E-state index in [2.05, 4.69) is 4.98 Å². The van der Waals surface area contributed by atoms with E-state index >= 15 is 0 Å². The number of nitrogens with zero attached hydrogens (tertiary/aromatic N) is 2. The molecule has 3 aromatic rings. The first-order chi connectivity index (χ1) is 12.9. The molecule has 0 spiro atoms. The van der Waals surface area contributed by atoms with E-state index in [0.717, 1.165) is 6.07 Å². The Balaban J connectivity index is 1.72. The molecule has 2 aromatic carbocycles. The Hall–Kier alpha value is -3.07. The van der Waals surface area contributed by atoms with Crippen molar-refractivity contribution in [3.05, 3.63) is 53.0 Å². The first-order valence-corrected chi connectivity index (χ1v) is 8.77. The smallest absolute Gasteiger partial charge is 0.307 e. The number of anilines is 1. The zero-order valence-electron chi connectivity index (χ0n) is 13.7. The van der Waals surface area contributed by atoms with E-state index in [1.807, 2.05) is 0 Å². The van der Waals surface area contributed by atoms with Gasteiger partial charge in [-0.25, -0.2) is 13.8 Å². The van der Waals surface area contributed by atoms with Gasteiger partial charge in [0.1, 0.15) is 22.4 Å². The van der Waals surface area contributed by atoms with Gasteiger partial charge in [0.05, 0.1) is 28.9 Å². The van der Waals surface area contributed by atoms with Gasteiger partial charge in [-0.2, -0.15) is 0 Å². The van der Waals surface area contributed by atoms with Gasteiger partial charge in [-0.1, -0.05) is 0 Å². The van der Waals surface area contributed by atoms with Gasteiger partial charge in [0.25, 0.3) is 5.91 Å². The fourth-order valence-corrected chi connectivity index (χ4v) is 3.88. The number of hydrogen-bond donors (Lipinski definition) is 1. The van der Waals surface area contributed by atoms with Crippen LogP contribution < -0.4 is 9.64 Å². The third-order valence-electron chi connectivity index (χ3n) is 4.07. The molecule has 0 aliphatic carbocycles. The summed E-state index contributed by atoms with van der Waals surface area (Å²) in [5.41, 5.74) is 0.783. The third-order valence-corrected chi connectivity index (χ3v) is 5.07. The van der Waals surface area contributed by atoms with Crippen molar-refractivity contribution in [1.82, 2.24) is 4.98 Å². The highest BCUT2D eigenvalue weighted by Gasteiger charge is 2.36. The van der Waals surface area contributed by atoms with Crippen molar-refractivity contribution in [2.24, 2.45) is 0 Å². The molecule has 1 aliphatic rings. The van der Waals surface area contributed by atoms with E-state index in [-0.39, 0.29) is 18.0 Å². The van der Waals surface area contributed by atoms with Crippen molar-refractivity contribution in [1.29, 1.82) is 0 Å². The van der Waals surface area contributed by atoms with Crippen LogP contribution in [-0.4, -0.2) is 28.1 Å². The van der Waals surface area contributed by atoms with Crippen LogP contribution in [0.25, 0.3) is 10.2 Å². The Bertz CT molecular complexity index is 1070. The molecule has 9 heteroatoms. The molecule has 138 valence electrons. The lowest BCUT2D eigenvalue weighted by molar-refractivity contribution is -0.142. The lowest BCUT2D eigenvalue weighted by Gasteiger charge is -2.33. The number of aliphatic carboxylic acids is 1. The first-order valence-electron chi connectivity index (χ1n) is 7.95. The summed E-state index contributed by atoms with van der Waals surface area (Å²) < 4.78 is 33.2. The number of carboxylic acids is 1. The Morgan fingerprint density at radius 1 is 1.22 bits per heavy atom. The molecule has 1 aromatic heterocycles. The minimum Gasteiger partial charge on any atom is -0.481 e. The second-order valence-corrected chi connectivity index (χ2v) is 7.08. The molecular formula is C18H12F2N2O4S. The van der Waals surface area contributed by atoms with Gasteiger partial charge in [-0.15, -0.1) is 11.3 Å². The highest BCUT2D eigenvalue weighted by molar-refractivity contribution is 7.18. The number of carbonyl (C=O) groups excluding carboxylic acids is 1. The molecular weight excluding hydrogens is 378 g/mol. The van der Waals surface area contributed by atoms with Crippen molar-refractivity contribution in [2.75, 3.05) is 4.90 Å². The average molecular weight is 390 g/mol. The zero-order chi connectivity index (χ0) is 19.1. The van der Waals surface area contributed by atoms with Crippen LogP contribution in [0.15, 0.2) is 36.4 Å². The van der Waals surface area contributed by atoms with Gasteiger partial charge in [0.15, 0.2) is 6.10 Å². The van der Waals surface area contributed by atoms with Crippen molar-refractivity contribution >= 4 is 39.1 Å². The molecule has 0 radical (unpaired) electrons. The number of amides is 1. The number of hydrogen-bond acceptors (Lipinski definition) is 5. The van der Waals surface area contributed by atoms with E-state index in [0.29, 0.717) is 15.2 Å². The second kappa shape index (κ2) is 6.58. The van der Waals surface area contributed by atoms with Crippen LogP contribution in [0.5, 0.6) is 5.75 Å². The average Bonchev–Trinajstić information content (AvgIpc) is 3.00. The molecule has 4 rings (SSSR count).